The number of anilines is 1. The second-order valence-electron chi connectivity index (χ2n) is 6.62. The number of furan rings is 1. The molecule has 0 spiro atoms. The summed E-state index contributed by atoms with van der Waals surface area (Å²) in [7, 11) is 0. The minimum absolute atomic E-state index is 0.0569. The molecule has 1 N–H and O–H groups in total. The van der Waals surface area contributed by atoms with Crippen LogP contribution < -0.4 is 9.64 Å². The van der Waals surface area contributed by atoms with Crippen LogP contribution >= 0.6 is 11.6 Å². The van der Waals surface area contributed by atoms with E-state index >= 15 is 0 Å². The van der Waals surface area contributed by atoms with Crippen molar-refractivity contribution in [2.75, 3.05) is 11.5 Å². The molecular weight excluding hydrogens is 406 g/mol. The zero-order valence-corrected chi connectivity index (χ0v) is 16.8. The number of aliphatic hydroxyl groups is 1. The zero-order chi connectivity index (χ0) is 21.3. The Balaban J connectivity index is 1.88. The van der Waals surface area contributed by atoms with Crippen LogP contribution in [-0.4, -0.2) is 23.4 Å². The average molecular weight is 424 g/mol. The molecule has 1 fully saturated rings. The highest BCUT2D eigenvalue weighted by Gasteiger charge is 2.48. The first-order valence-corrected chi connectivity index (χ1v) is 9.72. The Bertz CT molecular complexity index is 1120. The van der Waals surface area contributed by atoms with Gasteiger partial charge in [-0.05, 0) is 55.5 Å². The Kier molecular flexibility index (Phi) is 5.33. The Labute approximate surface area is 177 Å². The fraction of sp³-hybridized carbons (Fsp3) is 0.130. The summed E-state index contributed by atoms with van der Waals surface area (Å²) in [6.45, 7) is 2.30. The zero-order valence-electron chi connectivity index (χ0n) is 16.0. The second kappa shape index (κ2) is 8.08. The molecule has 0 aliphatic carbocycles. The van der Waals surface area contributed by atoms with E-state index in [4.69, 9.17) is 20.8 Å². The maximum atomic E-state index is 13.0. The van der Waals surface area contributed by atoms with Gasteiger partial charge in [-0.1, -0.05) is 23.7 Å². The molecule has 1 saturated heterocycles. The Morgan fingerprint density at radius 1 is 1.13 bits per heavy atom. The Hall–Kier alpha value is -3.51. The molecule has 0 saturated carbocycles. The van der Waals surface area contributed by atoms with Crippen molar-refractivity contribution in [1.29, 1.82) is 0 Å². The lowest BCUT2D eigenvalue weighted by molar-refractivity contribution is -0.132. The van der Waals surface area contributed by atoms with Crippen molar-refractivity contribution in [3.63, 3.8) is 0 Å². The number of hydrogen-bond acceptors (Lipinski definition) is 5. The van der Waals surface area contributed by atoms with E-state index in [1.54, 1.807) is 60.7 Å². The maximum Gasteiger partial charge on any atom is 0.300 e. The monoisotopic (exact) mass is 423 g/mol. The molecule has 1 unspecified atom stereocenters. The quantitative estimate of drug-likeness (QED) is 0.356. The highest BCUT2D eigenvalue weighted by molar-refractivity contribution is 6.51. The lowest BCUT2D eigenvalue weighted by Gasteiger charge is -2.23. The molecule has 152 valence electrons. The first-order valence-electron chi connectivity index (χ1n) is 9.34. The molecule has 4 rings (SSSR count). The summed E-state index contributed by atoms with van der Waals surface area (Å²) in [5.41, 5.74) is 0.773. The SMILES string of the molecule is CCOc1cccc(/C(O)=C2/C(=O)C(=O)N(c3ccc(Cl)cc3)C2c2ccco2)c1. The highest BCUT2D eigenvalue weighted by Crippen LogP contribution is 2.42. The lowest BCUT2D eigenvalue weighted by atomic mass is 9.99. The molecule has 0 bridgehead atoms. The van der Waals surface area contributed by atoms with Gasteiger partial charge < -0.3 is 14.3 Å². The van der Waals surface area contributed by atoms with Crippen molar-refractivity contribution in [1.82, 2.24) is 0 Å². The van der Waals surface area contributed by atoms with Crippen LogP contribution in [0.15, 0.2) is 76.9 Å². The minimum Gasteiger partial charge on any atom is -0.507 e. The van der Waals surface area contributed by atoms with E-state index in [0.717, 1.165) is 0 Å². The number of carbonyl (C=O) groups excluding carboxylic acids is 2. The standard InChI is InChI=1S/C23H18ClNO5/c1-2-29-17-6-3-5-14(13-17)21(26)19-20(18-7-4-12-30-18)25(23(28)22(19)27)16-10-8-15(24)9-11-16/h3-13,20,26H,2H2,1H3/b21-19-. The number of aliphatic hydroxyl groups excluding tert-OH is 1. The molecule has 1 aliphatic heterocycles. The topological polar surface area (TPSA) is 80.0 Å². The number of halogens is 1. The summed E-state index contributed by atoms with van der Waals surface area (Å²) in [6.07, 6.45) is 1.45. The predicted octanol–water partition coefficient (Wildman–Crippen LogP) is 4.96. The normalized spacial score (nSPS) is 18.1. The van der Waals surface area contributed by atoms with Crippen LogP contribution in [0.1, 0.15) is 24.3 Å². The van der Waals surface area contributed by atoms with Crippen LogP contribution in [0.5, 0.6) is 5.75 Å². The first-order chi connectivity index (χ1) is 14.5. The fourth-order valence-corrected chi connectivity index (χ4v) is 3.60. The van der Waals surface area contributed by atoms with Crippen LogP contribution in [0.4, 0.5) is 5.69 Å². The van der Waals surface area contributed by atoms with Crippen LogP contribution in [0.25, 0.3) is 5.76 Å². The summed E-state index contributed by atoms with van der Waals surface area (Å²) in [5.74, 6) is -0.964. The summed E-state index contributed by atoms with van der Waals surface area (Å²) < 4.78 is 11.0. The number of nitrogens with zero attached hydrogens (tertiary/aromatic N) is 1. The van der Waals surface area contributed by atoms with Gasteiger partial charge in [-0.15, -0.1) is 0 Å². The first kappa shape index (κ1) is 19.8. The van der Waals surface area contributed by atoms with Crippen molar-refractivity contribution in [3.8, 4) is 5.75 Å². The smallest absolute Gasteiger partial charge is 0.300 e. The van der Waals surface area contributed by atoms with E-state index in [-0.39, 0.29) is 11.3 Å². The largest absolute Gasteiger partial charge is 0.507 e. The predicted molar refractivity (Wildman–Crippen MR) is 113 cm³/mol. The molecular formula is C23H18ClNO5. The highest BCUT2D eigenvalue weighted by atomic mass is 35.5. The van der Waals surface area contributed by atoms with Gasteiger partial charge in [-0.2, -0.15) is 0 Å². The minimum atomic E-state index is -0.920. The molecule has 3 aromatic rings. The van der Waals surface area contributed by atoms with Gasteiger partial charge in [0.05, 0.1) is 18.4 Å². The summed E-state index contributed by atoms with van der Waals surface area (Å²) >= 11 is 5.97. The molecule has 1 atom stereocenters. The molecule has 7 heteroatoms. The summed E-state index contributed by atoms with van der Waals surface area (Å²) in [4.78, 5) is 27.2. The van der Waals surface area contributed by atoms with Crippen molar-refractivity contribution in [3.05, 3.63) is 88.8 Å². The van der Waals surface area contributed by atoms with Gasteiger partial charge in [0.15, 0.2) is 0 Å². The number of ether oxygens (including phenoxy) is 1. The van der Waals surface area contributed by atoms with Crippen LogP contribution in [-0.2, 0) is 9.59 Å². The summed E-state index contributed by atoms with van der Waals surface area (Å²) in [6, 6.07) is 15.6. The lowest BCUT2D eigenvalue weighted by Crippen LogP contribution is -2.29. The third-order valence-electron chi connectivity index (χ3n) is 4.78. The van der Waals surface area contributed by atoms with Crippen molar-refractivity contribution < 1.29 is 23.8 Å². The van der Waals surface area contributed by atoms with Gasteiger partial charge in [0, 0.05) is 16.3 Å². The Morgan fingerprint density at radius 3 is 2.57 bits per heavy atom. The van der Waals surface area contributed by atoms with Gasteiger partial charge in [0.25, 0.3) is 11.7 Å². The maximum absolute atomic E-state index is 13.0. The van der Waals surface area contributed by atoms with Crippen molar-refractivity contribution in [2.45, 2.75) is 13.0 Å². The number of rotatable bonds is 5. The van der Waals surface area contributed by atoms with E-state index in [1.807, 2.05) is 6.92 Å². The molecule has 2 heterocycles. The molecule has 0 radical (unpaired) electrons. The molecule has 1 aliphatic rings. The van der Waals surface area contributed by atoms with E-state index in [9.17, 15) is 14.7 Å². The molecule has 6 nitrogen and oxygen atoms in total. The third-order valence-corrected chi connectivity index (χ3v) is 5.03. The van der Waals surface area contributed by atoms with E-state index in [2.05, 4.69) is 0 Å². The molecule has 2 aromatic carbocycles. The average Bonchev–Trinajstić information content (AvgIpc) is 3.36. The van der Waals surface area contributed by atoms with Gasteiger partial charge in [-0.25, -0.2) is 0 Å². The van der Waals surface area contributed by atoms with E-state index in [0.29, 0.717) is 34.4 Å². The third kappa shape index (κ3) is 3.46. The van der Waals surface area contributed by atoms with Gasteiger partial charge in [0.1, 0.15) is 23.3 Å². The number of benzene rings is 2. The van der Waals surface area contributed by atoms with Crippen LogP contribution in [0.2, 0.25) is 5.02 Å². The summed E-state index contributed by atoms with van der Waals surface area (Å²) in [5, 5.41) is 11.5. The molecule has 1 aromatic heterocycles. The molecule has 30 heavy (non-hydrogen) atoms. The van der Waals surface area contributed by atoms with Crippen molar-refractivity contribution in [2.24, 2.45) is 0 Å². The van der Waals surface area contributed by atoms with E-state index < -0.39 is 17.7 Å². The number of amides is 1. The van der Waals surface area contributed by atoms with Gasteiger partial charge in [-0.3, -0.25) is 14.5 Å². The van der Waals surface area contributed by atoms with Crippen LogP contribution in [0, 0.1) is 0 Å². The van der Waals surface area contributed by atoms with Gasteiger partial charge >= 0.3 is 0 Å². The fourth-order valence-electron chi connectivity index (χ4n) is 3.47. The second-order valence-corrected chi connectivity index (χ2v) is 7.06. The number of carbonyl (C=O) groups is 2. The van der Waals surface area contributed by atoms with E-state index in [1.165, 1.54) is 11.2 Å². The van der Waals surface area contributed by atoms with Crippen LogP contribution in [0.3, 0.4) is 0 Å². The number of ketones is 1. The van der Waals surface area contributed by atoms with Gasteiger partial charge in [0.2, 0.25) is 0 Å². The Morgan fingerprint density at radius 2 is 1.90 bits per heavy atom. The van der Waals surface area contributed by atoms with Crippen molar-refractivity contribution >= 4 is 34.7 Å². The number of Topliss-reactive ketones (excluding diaryl/α,β-unsaturated/α-hetero) is 1. The number of hydrogen-bond donors (Lipinski definition) is 1. The molecule has 1 amide bonds.